The minimum Gasteiger partial charge on any atom is -0.337 e. The zero-order valence-electron chi connectivity index (χ0n) is 11.4. The van der Waals surface area contributed by atoms with Crippen molar-refractivity contribution in [2.24, 2.45) is 0 Å². The Morgan fingerprint density at radius 1 is 1.05 bits per heavy atom. The number of hydrogen-bond donors (Lipinski definition) is 0. The average molecular weight is 427 g/mol. The lowest BCUT2D eigenvalue weighted by atomic mass is 10.2. The molecule has 2 rings (SSSR count). The van der Waals surface area contributed by atoms with E-state index in [1.165, 1.54) is 0 Å². The summed E-state index contributed by atoms with van der Waals surface area (Å²) in [7, 11) is -2.96. The summed E-state index contributed by atoms with van der Waals surface area (Å²) in [6, 6.07) is 5.31. The van der Waals surface area contributed by atoms with E-state index in [9.17, 15) is 13.2 Å². The van der Waals surface area contributed by atoms with Crippen LogP contribution in [0.2, 0.25) is 0 Å². The highest BCUT2D eigenvalue weighted by Crippen LogP contribution is 2.21. The summed E-state index contributed by atoms with van der Waals surface area (Å²) in [5, 5.41) is 0. The van der Waals surface area contributed by atoms with Crippen molar-refractivity contribution in [2.75, 3.05) is 24.6 Å². The largest absolute Gasteiger partial charge is 0.337 e. The van der Waals surface area contributed by atoms with Gasteiger partial charge in [-0.15, -0.1) is 0 Å². The molecule has 1 saturated heterocycles. The Morgan fingerprint density at radius 3 is 1.95 bits per heavy atom. The number of carbonyl (C=O) groups excluding carboxylic acids is 1. The van der Waals surface area contributed by atoms with Crippen molar-refractivity contribution >= 4 is 47.6 Å². The smallest absolute Gasteiger partial charge is 0.253 e. The molecule has 1 aromatic rings. The van der Waals surface area contributed by atoms with Crippen LogP contribution >= 0.6 is 31.9 Å². The van der Waals surface area contributed by atoms with Crippen molar-refractivity contribution in [3.8, 4) is 0 Å². The minimum absolute atomic E-state index is 0.0495. The van der Waals surface area contributed by atoms with Gasteiger partial charge in [-0.2, -0.15) is 0 Å². The summed E-state index contributed by atoms with van der Waals surface area (Å²) < 4.78 is 24.2. The summed E-state index contributed by atoms with van der Waals surface area (Å²) in [6.07, 6.45) is 0. The molecule has 0 aromatic heterocycles. The summed E-state index contributed by atoms with van der Waals surface area (Å²) in [5.41, 5.74) is 0.551. The van der Waals surface area contributed by atoms with Crippen LogP contribution in [0.15, 0.2) is 27.1 Å². The third-order valence-electron chi connectivity index (χ3n) is 2.74. The second-order valence-corrected chi connectivity index (χ2v) is 8.24. The van der Waals surface area contributed by atoms with Crippen LogP contribution in [0.1, 0.15) is 24.2 Å². The molecule has 1 fully saturated rings. The Kier molecular flexibility index (Phi) is 6.68. The highest BCUT2D eigenvalue weighted by Gasteiger charge is 2.25. The number of sulfone groups is 1. The van der Waals surface area contributed by atoms with Crippen LogP contribution in [0.3, 0.4) is 0 Å². The standard InChI is InChI=1S/C11H11Br2NO3S.C2H6/c12-9-5-8(6-10(13)7-9)11(15)14-1-3-18(16,17)4-2-14;1-2/h5-7H,1-4H2;1-2H3. The van der Waals surface area contributed by atoms with Crippen LogP contribution in [0.25, 0.3) is 0 Å². The van der Waals surface area contributed by atoms with Gasteiger partial charge in [-0.25, -0.2) is 8.42 Å². The van der Waals surface area contributed by atoms with Gasteiger partial charge in [-0.3, -0.25) is 4.79 Å². The lowest BCUT2D eigenvalue weighted by Crippen LogP contribution is -2.43. The van der Waals surface area contributed by atoms with E-state index in [1.54, 1.807) is 17.0 Å². The predicted octanol–water partition coefficient (Wildman–Crippen LogP) is 3.11. The van der Waals surface area contributed by atoms with Crippen molar-refractivity contribution in [3.05, 3.63) is 32.7 Å². The second kappa shape index (κ2) is 7.56. The first-order chi connectivity index (χ1) is 9.37. The van der Waals surface area contributed by atoms with Crippen LogP contribution in [-0.2, 0) is 9.84 Å². The zero-order chi connectivity index (χ0) is 15.3. The van der Waals surface area contributed by atoms with Crippen LogP contribution < -0.4 is 0 Å². The Balaban J connectivity index is 0.000000956. The van der Waals surface area contributed by atoms with Gasteiger partial charge in [-0.05, 0) is 18.2 Å². The second-order valence-electron chi connectivity index (χ2n) is 4.10. The molecule has 0 aliphatic carbocycles. The fourth-order valence-corrected chi connectivity index (χ4v) is 4.27. The Hall–Kier alpha value is -0.400. The number of amides is 1. The lowest BCUT2D eigenvalue weighted by molar-refractivity contribution is 0.0770. The first-order valence-corrected chi connectivity index (χ1v) is 9.74. The Labute approximate surface area is 136 Å². The summed E-state index contributed by atoms with van der Waals surface area (Å²) >= 11 is 6.65. The van der Waals surface area contributed by atoms with Crippen molar-refractivity contribution < 1.29 is 13.2 Å². The zero-order valence-corrected chi connectivity index (χ0v) is 15.4. The van der Waals surface area contributed by atoms with Crippen molar-refractivity contribution in [3.63, 3.8) is 0 Å². The topological polar surface area (TPSA) is 54.5 Å². The lowest BCUT2D eigenvalue weighted by Gasteiger charge is -2.26. The molecule has 0 atom stereocenters. The molecule has 1 heterocycles. The number of halogens is 2. The van der Waals surface area contributed by atoms with E-state index < -0.39 is 9.84 Å². The molecule has 0 N–H and O–H groups in total. The number of hydrogen-bond acceptors (Lipinski definition) is 3. The number of carbonyl (C=O) groups is 1. The molecule has 0 radical (unpaired) electrons. The Morgan fingerprint density at radius 2 is 1.50 bits per heavy atom. The fourth-order valence-electron chi connectivity index (χ4n) is 1.78. The van der Waals surface area contributed by atoms with Gasteiger partial charge in [0.25, 0.3) is 5.91 Å². The van der Waals surface area contributed by atoms with Gasteiger partial charge in [0.1, 0.15) is 0 Å². The molecule has 0 spiro atoms. The minimum atomic E-state index is -2.96. The molecule has 1 aliphatic heterocycles. The quantitative estimate of drug-likeness (QED) is 0.693. The first-order valence-electron chi connectivity index (χ1n) is 6.33. The third kappa shape index (κ3) is 4.86. The molecule has 0 bridgehead atoms. The molecule has 112 valence electrons. The third-order valence-corrected chi connectivity index (χ3v) is 5.27. The fraction of sp³-hybridized carbons (Fsp3) is 0.462. The average Bonchev–Trinajstić information content (AvgIpc) is 2.39. The molecule has 0 unspecified atom stereocenters. The van der Waals surface area contributed by atoms with E-state index in [1.807, 2.05) is 19.9 Å². The van der Waals surface area contributed by atoms with Crippen LogP contribution in [0, 0.1) is 0 Å². The highest BCUT2D eigenvalue weighted by atomic mass is 79.9. The van der Waals surface area contributed by atoms with E-state index in [-0.39, 0.29) is 30.5 Å². The first kappa shape index (κ1) is 17.7. The highest BCUT2D eigenvalue weighted by molar-refractivity contribution is 9.11. The van der Waals surface area contributed by atoms with Crippen LogP contribution in [0.4, 0.5) is 0 Å². The van der Waals surface area contributed by atoms with Crippen molar-refractivity contribution in [1.82, 2.24) is 4.90 Å². The number of rotatable bonds is 1. The molecular weight excluding hydrogens is 410 g/mol. The van der Waals surface area contributed by atoms with E-state index in [0.717, 1.165) is 8.95 Å². The van der Waals surface area contributed by atoms with E-state index >= 15 is 0 Å². The van der Waals surface area contributed by atoms with Gasteiger partial charge in [0, 0.05) is 27.6 Å². The molecule has 1 aromatic carbocycles. The SMILES string of the molecule is CC.O=C(c1cc(Br)cc(Br)c1)N1CCS(=O)(=O)CC1. The molecule has 7 heteroatoms. The van der Waals surface area contributed by atoms with Gasteiger partial charge in [0.15, 0.2) is 9.84 Å². The van der Waals surface area contributed by atoms with E-state index in [2.05, 4.69) is 31.9 Å². The summed E-state index contributed by atoms with van der Waals surface area (Å²) in [5.74, 6) is -0.0335. The number of benzene rings is 1. The van der Waals surface area contributed by atoms with Crippen LogP contribution in [-0.4, -0.2) is 43.8 Å². The monoisotopic (exact) mass is 425 g/mol. The van der Waals surface area contributed by atoms with Crippen LogP contribution in [0.5, 0.6) is 0 Å². The van der Waals surface area contributed by atoms with E-state index in [4.69, 9.17) is 0 Å². The van der Waals surface area contributed by atoms with Gasteiger partial charge < -0.3 is 4.90 Å². The maximum absolute atomic E-state index is 12.2. The maximum Gasteiger partial charge on any atom is 0.253 e. The molecule has 1 amide bonds. The van der Waals surface area contributed by atoms with Gasteiger partial charge in [-0.1, -0.05) is 45.7 Å². The van der Waals surface area contributed by atoms with Gasteiger partial charge >= 0.3 is 0 Å². The van der Waals surface area contributed by atoms with Crippen molar-refractivity contribution in [1.29, 1.82) is 0 Å². The van der Waals surface area contributed by atoms with Gasteiger partial charge in [0.05, 0.1) is 11.5 Å². The normalized spacial score (nSPS) is 17.1. The predicted molar refractivity (Wildman–Crippen MR) is 87.7 cm³/mol. The van der Waals surface area contributed by atoms with E-state index in [0.29, 0.717) is 5.56 Å². The molecule has 4 nitrogen and oxygen atoms in total. The molecule has 20 heavy (non-hydrogen) atoms. The Bertz CT molecular complexity index is 553. The summed E-state index contributed by atoms with van der Waals surface area (Å²) in [4.78, 5) is 13.8. The van der Waals surface area contributed by atoms with Gasteiger partial charge in [0.2, 0.25) is 0 Å². The summed E-state index contributed by atoms with van der Waals surface area (Å²) in [6.45, 7) is 4.54. The number of nitrogens with zero attached hydrogens (tertiary/aromatic N) is 1. The molecular formula is C13H17Br2NO3S. The molecule has 1 aliphatic rings. The molecule has 0 saturated carbocycles. The van der Waals surface area contributed by atoms with Crippen molar-refractivity contribution in [2.45, 2.75) is 13.8 Å². The maximum atomic E-state index is 12.2.